The fourth-order valence-electron chi connectivity index (χ4n) is 1.98. The van der Waals surface area contributed by atoms with Crippen LogP contribution in [0.2, 0.25) is 0 Å². The molecule has 4 N–H and O–H groups in total. The van der Waals surface area contributed by atoms with Gasteiger partial charge in [-0.2, -0.15) is 0 Å². The van der Waals surface area contributed by atoms with Crippen LogP contribution in [0.15, 0.2) is 24.4 Å². The molecule has 0 aliphatic heterocycles. The Labute approximate surface area is 118 Å². The number of anilines is 1. The van der Waals surface area contributed by atoms with Crippen molar-refractivity contribution in [1.82, 2.24) is 10.3 Å². The van der Waals surface area contributed by atoms with Crippen LogP contribution in [0, 0.1) is 5.92 Å². The number of carbonyl (C=O) groups is 1. The number of rotatable bonds is 6. The Bertz CT molecular complexity index is 590. The number of ether oxygens (including phenoxy) is 1. The van der Waals surface area contributed by atoms with Crippen molar-refractivity contribution >= 4 is 22.5 Å². The third kappa shape index (κ3) is 3.51. The number of benzene rings is 1. The third-order valence-corrected chi connectivity index (χ3v) is 2.93. The summed E-state index contributed by atoms with van der Waals surface area (Å²) >= 11 is 0. The maximum atomic E-state index is 12.1. The van der Waals surface area contributed by atoms with Crippen LogP contribution in [-0.2, 0) is 4.74 Å². The Morgan fingerprint density at radius 1 is 1.45 bits per heavy atom. The molecule has 0 atom stereocenters. The Morgan fingerprint density at radius 3 is 3.00 bits per heavy atom. The minimum atomic E-state index is -0.116. The number of H-pyrrole nitrogens is 1. The maximum Gasteiger partial charge on any atom is 0.253 e. The molecule has 0 saturated carbocycles. The van der Waals surface area contributed by atoms with Crippen molar-refractivity contribution in [2.45, 2.75) is 13.8 Å². The van der Waals surface area contributed by atoms with E-state index in [1.165, 1.54) is 0 Å². The number of carbonyl (C=O) groups excluding carboxylic acids is 1. The molecule has 0 spiro atoms. The van der Waals surface area contributed by atoms with Gasteiger partial charge >= 0.3 is 0 Å². The summed E-state index contributed by atoms with van der Waals surface area (Å²) in [7, 11) is 0. The Hall–Kier alpha value is -2.01. The molecule has 2 rings (SSSR count). The molecule has 1 aromatic carbocycles. The van der Waals surface area contributed by atoms with Gasteiger partial charge < -0.3 is 20.8 Å². The van der Waals surface area contributed by atoms with Crippen LogP contribution in [0.4, 0.5) is 5.69 Å². The zero-order valence-corrected chi connectivity index (χ0v) is 11.9. The van der Waals surface area contributed by atoms with E-state index >= 15 is 0 Å². The Morgan fingerprint density at radius 2 is 2.25 bits per heavy atom. The van der Waals surface area contributed by atoms with E-state index in [2.05, 4.69) is 24.1 Å². The van der Waals surface area contributed by atoms with Gasteiger partial charge in [-0.05, 0) is 24.1 Å². The van der Waals surface area contributed by atoms with E-state index in [-0.39, 0.29) is 5.91 Å². The topological polar surface area (TPSA) is 80.1 Å². The van der Waals surface area contributed by atoms with E-state index in [0.717, 1.165) is 10.9 Å². The fourth-order valence-corrected chi connectivity index (χ4v) is 1.98. The average Bonchev–Trinajstić information content (AvgIpc) is 2.80. The largest absolute Gasteiger partial charge is 0.399 e. The maximum absolute atomic E-state index is 12.1. The molecule has 5 heteroatoms. The highest BCUT2D eigenvalue weighted by Gasteiger charge is 2.11. The third-order valence-electron chi connectivity index (χ3n) is 2.93. The summed E-state index contributed by atoms with van der Waals surface area (Å²) in [6.07, 6.45) is 1.70. The molecule has 0 saturated heterocycles. The molecule has 108 valence electrons. The number of nitrogens with one attached hydrogen (secondary N) is 2. The van der Waals surface area contributed by atoms with Crippen molar-refractivity contribution in [2.75, 3.05) is 25.5 Å². The highest BCUT2D eigenvalue weighted by molar-refractivity contribution is 6.07. The normalized spacial score (nSPS) is 11.2. The first-order valence-corrected chi connectivity index (χ1v) is 6.80. The van der Waals surface area contributed by atoms with Crippen LogP contribution in [0.3, 0.4) is 0 Å². The summed E-state index contributed by atoms with van der Waals surface area (Å²) in [4.78, 5) is 15.2. The lowest BCUT2D eigenvalue weighted by Gasteiger charge is -2.07. The van der Waals surface area contributed by atoms with Gasteiger partial charge in [0, 0.05) is 35.9 Å². The molecule has 1 aromatic heterocycles. The second-order valence-electron chi connectivity index (χ2n) is 5.23. The molecule has 0 unspecified atom stereocenters. The van der Waals surface area contributed by atoms with Gasteiger partial charge in [-0.3, -0.25) is 4.79 Å². The second-order valence-corrected chi connectivity index (χ2v) is 5.23. The average molecular weight is 275 g/mol. The lowest BCUT2D eigenvalue weighted by molar-refractivity contribution is 0.0887. The van der Waals surface area contributed by atoms with Gasteiger partial charge in [-0.1, -0.05) is 13.8 Å². The van der Waals surface area contributed by atoms with E-state index in [4.69, 9.17) is 10.5 Å². The van der Waals surface area contributed by atoms with Gasteiger partial charge in [-0.25, -0.2) is 0 Å². The SMILES string of the molecule is CC(C)COCCNC(=O)c1c[nH]c2ccc(N)cc12. The zero-order valence-electron chi connectivity index (χ0n) is 11.9. The van der Waals surface area contributed by atoms with Crippen LogP contribution in [0.25, 0.3) is 10.9 Å². The number of fused-ring (bicyclic) bond motifs is 1. The lowest BCUT2D eigenvalue weighted by atomic mass is 10.1. The van der Waals surface area contributed by atoms with Gasteiger partial charge in [0.25, 0.3) is 5.91 Å². The Kier molecular flexibility index (Phi) is 4.63. The highest BCUT2D eigenvalue weighted by Crippen LogP contribution is 2.20. The van der Waals surface area contributed by atoms with E-state index in [9.17, 15) is 4.79 Å². The predicted octanol–water partition coefficient (Wildman–Crippen LogP) is 2.15. The number of aromatic amines is 1. The van der Waals surface area contributed by atoms with E-state index < -0.39 is 0 Å². The van der Waals surface area contributed by atoms with Crippen molar-refractivity contribution in [1.29, 1.82) is 0 Å². The van der Waals surface area contributed by atoms with Gasteiger partial charge in [0.2, 0.25) is 0 Å². The first kappa shape index (κ1) is 14.4. The van der Waals surface area contributed by atoms with Gasteiger partial charge in [-0.15, -0.1) is 0 Å². The van der Waals surface area contributed by atoms with E-state index in [0.29, 0.717) is 36.9 Å². The van der Waals surface area contributed by atoms with Gasteiger partial charge in [0.1, 0.15) is 0 Å². The molecule has 0 radical (unpaired) electrons. The number of amides is 1. The van der Waals surface area contributed by atoms with Crippen molar-refractivity contribution in [3.63, 3.8) is 0 Å². The standard InChI is InChI=1S/C15H21N3O2/c1-10(2)9-20-6-5-17-15(19)13-8-18-14-4-3-11(16)7-12(13)14/h3-4,7-8,10,18H,5-6,9,16H2,1-2H3,(H,17,19). The molecular weight excluding hydrogens is 254 g/mol. The van der Waals surface area contributed by atoms with Gasteiger partial charge in [0.05, 0.1) is 12.2 Å². The molecule has 1 amide bonds. The molecule has 5 nitrogen and oxygen atoms in total. The van der Waals surface area contributed by atoms with Crippen molar-refractivity contribution in [3.05, 3.63) is 30.0 Å². The summed E-state index contributed by atoms with van der Waals surface area (Å²) in [5, 5.41) is 3.68. The summed E-state index contributed by atoms with van der Waals surface area (Å²) in [5.41, 5.74) is 7.91. The smallest absolute Gasteiger partial charge is 0.253 e. The highest BCUT2D eigenvalue weighted by atomic mass is 16.5. The minimum absolute atomic E-state index is 0.116. The second kappa shape index (κ2) is 6.43. The summed E-state index contributed by atoms with van der Waals surface area (Å²) in [5.74, 6) is 0.386. The minimum Gasteiger partial charge on any atom is -0.399 e. The quantitative estimate of drug-likeness (QED) is 0.558. The molecule has 0 fully saturated rings. The fraction of sp³-hybridized carbons (Fsp3) is 0.400. The van der Waals surface area contributed by atoms with Crippen LogP contribution >= 0.6 is 0 Å². The molecular formula is C15H21N3O2. The van der Waals surface area contributed by atoms with Crippen LogP contribution in [0.1, 0.15) is 24.2 Å². The van der Waals surface area contributed by atoms with Crippen LogP contribution < -0.4 is 11.1 Å². The van der Waals surface area contributed by atoms with E-state index in [1.54, 1.807) is 18.3 Å². The molecule has 0 aliphatic carbocycles. The number of hydrogen-bond donors (Lipinski definition) is 3. The van der Waals surface area contributed by atoms with Crippen molar-refractivity contribution in [2.24, 2.45) is 5.92 Å². The number of aromatic nitrogens is 1. The first-order chi connectivity index (χ1) is 9.58. The number of nitrogens with two attached hydrogens (primary N) is 1. The molecule has 2 aromatic rings. The Balaban J connectivity index is 1.93. The molecule has 0 aliphatic rings. The van der Waals surface area contributed by atoms with Gasteiger partial charge in [0.15, 0.2) is 0 Å². The van der Waals surface area contributed by atoms with Crippen molar-refractivity contribution in [3.8, 4) is 0 Å². The predicted molar refractivity (Wildman–Crippen MR) is 80.7 cm³/mol. The van der Waals surface area contributed by atoms with Crippen LogP contribution in [0.5, 0.6) is 0 Å². The summed E-state index contributed by atoms with van der Waals surface area (Å²) in [6.45, 7) is 5.91. The first-order valence-electron chi connectivity index (χ1n) is 6.80. The lowest BCUT2D eigenvalue weighted by Crippen LogP contribution is -2.27. The van der Waals surface area contributed by atoms with E-state index in [1.807, 2.05) is 6.07 Å². The number of nitrogen functional groups attached to an aromatic ring is 1. The monoisotopic (exact) mass is 275 g/mol. The molecule has 1 heterocycles. The van der Waals surface area contributed by atoms with Crippen molar-refractivity contribution < 1.29 is 9.53 Å². The van der Waals surface area contributed by atoms with Crippen LogP contribution in [-0.4, -0.2) is 30.6 Å². The molecule has 0 bridgehead atoms. The summed E-state index contributed by atoms with van der Waals surface area (Å²) < 4.78 is 5.43. The molecule has 20 heavy (non-hydrogen) atoms. The summed E-state index contributed by atoms with van der Waals surface area (Å²) in [6, 6.07) is 5.48. The zero-order chi connectivity index (χ0) is 14.5. The number of hydrogen-bond acceptors (Lipinski definition) is 3.